The van der Waals surface area contributed by atoms with Crippen LogP contribution in [0.3, 0.4) is 0 Å². The van der Waals surface area contributed by atoms with Crippen molar-refractivity contribution in [1.82, 2.24) is 4.31 Å². The van der Waals surface area contributed by atoms with Gasteiger partial charge in [0.2, 0.25) is 10.0 Å². The van der Waals surface area contributed by atoms with Crippen LogP contribution in [0, 0.1) is 5.92 Å². The molecule has 0 fully saturated rings. The number of hydrogen-bond acceptors (Lipinski definition) is 4. The number of sulfonamides is 1. The molecule has 0 aliphatic heterocycles. The molecule has 1 amide bonds. The van der Waals surface area contributed by atoms with Crippen molar-refractivity contribution in [1.29, 1.82) is 0 Å². The third-order valence-corrected chi connectivity index (χ3v) is 6.91. The van der Waals surface area contributed by atoms with Crippen LogP contribution in [0.1, 0.15) is 38.1 Å². The van der Waals surface area contributed by atoms with Gasteiger partial charge in [-0.05, 0) is 64.3 Å². The van der Waals surface area contributed by atoms with Crippen LogP contribution in [0.25, 0.3) is 0 Å². The molecule has 2 aromatic carbocycles. The Morgan fingerprint density at radius 3 is 2.24 bits per heavy atom. The van der Waals surface area contributed by atoms with Gasteiger partial charge in [0.25, 0.3) is 5.91 Å². The molecule has 0 bridgehead atoms. The monoisotopic (exact) mass is 482 g/mol. The number of nitrogens with one attached hydrogen (secondary N) is 1. The van der Waals surface area contributed by atoms with E-state index in [2.05, 4.69) is 35.1 Å². The molecular weight excluding hydrogens is 456 g/mol. The van der Waals surface area contributed by atoms with Crippen molar-refractivity contribution in [2.45, 2.75) is 32.6 Å². The van der Waals surface area contributed by atoms with Crippen molar-refractivity contribution in [3.8, 4) is 5.75 Å². The number of anilines is 1. The lowest BCUT2D eigenvalue weighted by Crippen LogP contribution is -2.30. The first-order valence-corrected chi connectivity index (χ1v) is 11.8. The second kappa shape index (κ2) is 10.2. The van der Waals surface area contributed by atoms with Gasteiger partial charge in [0.1, 0.15) is 5.75 Å². The van der Waals surface area contributed by atoms with Gasteiger partial charge < -0.3 is 10.1 Å². The molecule has 0 heterocycles. The van der Waals surface area contributed by atoms with Crippen LogP contribution in [0.2, 0.25) is 0 Å². The van der Waals surface area contributed by atoms with Gasteiger partial charge in [0, 0.05) is 24.3 Å². The molecule has 0 atom stereocenters. The van der Waals surface area contributed by atoms with Crippen molar-refractivity contribution < 1.29 is 17.9 Å². The van der Waals surface area contributed by atoms with E-state index in [9.17, 15) is 13.2 Å². The van der Waals surface area contributed by atoms with Gasteiger partial charge in [-0.25, -0.2) is 8.42 Å². The van der Waals surface area contributed by atoms with Crippen molar-refractivity contribution in [2.24, 2.45) is 5.92 Å². The van der Waals surface area contributed by atoms with E-state index < -0.39 is 10.0 Å². The number of benzene rings is 2. The van der Waals surface area contributed by atoms with E-state index in [-0.39, 0.29) is 10.8 Å². The van der Waals surface area contributed by atoms with E-state index in [0.717, 1.165) is 0 Å². The van der Waals surface area contributed by atoms with Gasteiger partial charge in [0.05, 0.1) is 16.0 Å². The number of ether oxygens (including phenoxy) is 1. The Morgan fingerprint density at radius 2 is 1.72 bits per heavy atom. The molecule has 0 aliphatic rings. The highest BCUT2D eigenvalue weighted by molar-refractivity contribution is 9.10. The summed E-state index contributed by atoms with van der Waals surface area (Å²) in [6, 6.07) is 11.3. The summed E-state index contributed by atoms with van der Waals surface area (Å²) in [5, 5.41) is 2.78. The second-order valence-electron chi connectivity index (χ2n) is 6.92. The first kappa shape index (κ1) is 23.4. The van der Waals surface area contributed by atoms with Gasteiger partial charge in [-0.15, -0.1) is 0 Å². The molecular formula is C21H27BrN2O4S. The highest BCUT2D eigenvalue weighted by Crippen LogP contribution is 2.27. The molecule has 0 saturated carbocycles. The molecule has 0 aromatic heterocycles. The Bertz CT molecular complexity index is 940. The summed E-state index contributed by atoms with van der Waals surface area (Å²) in [4.78, 5) is 12.7. The number of halogens is 1. The molecule has 0 unspecified atom stereocenters. The predicted octanol–water partition coefficient (Wildman–Crippen LogP) is 4.77. The summed E-state index contributed by atoms with van der Waals surface area (Å²) >= 11 is 3.43. The van der Waals surface area contributed by atoms with Crippen molar-refractivity contribution >= 4 is 37.5 Å². The van der Waals surface area contributed by atoms with Gasteiger partial charge >= 0.3 is 0 Å². The van der Waals surface area contributed by atoms with Crippen LogP contribution in [0.15, 0.2) is 51.8 Å². The number of rotatable bonds is 9. The van der Waals surface area contributed by atoms with Gasteiger partial charge in [-0.2, -0.15) is 4.31 Å². The maximum Gasteiger partial charge on any atom is 0.255 e. The Morgan fingerprint density at radius 1 is 1.10 bits per heavy atom. The van der Waals surface area contributed by atoms with Gasteiger partial charge in [0.15, 0.2) is 0 Å². The second-order valence-corrected chi connectivity index (χ2v) is 9.71. The summed E-state index contributed by atoms with van der Waals surface area (Å²) in [5.74, 6) is 0.792. The molecule has 0 spiro atoms. The van der Waals surface area contributed by atoms with Crippen LogP contribution in [0.4, 0.5) is 5.69 Å². The minimum atomic E-state index is -3.52. The normalized spacial score (nSPS) is 11.7. The summed E-state index contributed by atoms with van der Waals surface area (Å²) in [7, 11) is -3.52. The number of hydrogen-bond donors (Lipinski definition) is 1. The summed E-state index contributed by atoms with van der Waals surface area (Å²) < 4.78 is 32.9. The number of amides is 1. The largest absolute Gasteiger partial charge is 0.492 e. The predicted molar refractivity (Wildman–Crippen MR) is 119 cm³/mol. The molecule has 8 heteroatoms. The maximum absolute atomic E-state index is 12.5. The third kappa shape index (κ3) is 6.04. The van der Waals surface area contributed by atoms with E-state index in [1.54, 1.807) is 44.2 Å². The van der Waals surface area contributed by atoms with Crippen molar-refractivity contribution in [2.75, 3.05) is 25.0 Å². The average Bonchev–Trinajstić information content (AvgIpc) is 2.68. The Hall–Kier alpha value is -1.90. The van der Waals surface area contributed by atoms with Crippen molar-refractivity contribution in [3.05, 3.63) is 52.5 Å². The fraction of sp³-hybridized carbons (Fsp3) is 0.381. The lowest BCUT2D eigenvalue weighted by atomic mass is 10.2. The van der Waals surface area contributed by atoms with E-state index in [1.165, 1.54) is 16.4 Å². The van der Waals surface area contributed by atoms with E-state index in [0.29, 0.717) is 47.1 Å². The topological polar surface area (TPSA) is 75.7 Å². The van der Waals surface area contributed by atoms with Crippen LogP contribution in [-0.4, -0.2) is 38.3 Å². The minimum absolute atomic E-state index is 0.202. The quantitative estimate of drug-likeness (QED) is 0.558. The molecule has 0 saturated heterocycles. The van der Waals surface area contributed by atoms with Gasteiger partial charge in [-0.1, -0.05) is 27.7 Å². The molecule has 158 valence electrons. The molecule has 2 aromatic rings. The molecule has 6 nitrogen and oxygen atoms in total. The molecule has 0 aliphatic carbocycles. The van der Waals surface area contributed by atoms with E-state index >= 15 is 0 Å². The first-order chi connectivity index (χ1) is 13.7. The Kier molecular flexibility index (Phi) is 8.24. The van der Waals surface area contributed by atoms with Crippen LogP contribution < -0.4 is 10.1 Å². The van der Waals surface area contributed by atoms with E-state index in [4.69, 9.17) is 4.74 Å². The maximum atomic E-state index is 12.5. The summed E-state index contributed by atoms with van der Waals surface area (Å²) in [6.45, 7) is 9.13. The average molecular weight is 483 g/mol. The van der Waals surface area contributed by atoms with Crippen LogP contribution in [-0.2, 0) is 10.0 Å². The highest BCUT2D eigenvalue weighted by atomic mass is 79.9. The van der Waals surface area contributed by atoms with Crippen LogP contribution >= 0.6 is 15.9 Å². The summed E-state index contributed by atoms with van der Waals surface area (Å²) in [5.41, 5.74) is 0.985. The molecule has 0 radical (unpaired) electrons. The fourth-order valence-corrected chi connectivity index (χ4v) is 4.59. The van der Waals surface area contributed by atoms with Crippen molar-refractivity contribution in [3.63, 3.8) is 0 Å². The molecule has 29 heavy (non-hydrogen) atoms. The minimum Gasteiger partial charge on any atom is -0.492 e. The zero-order valence-electron chi connectivity index (χ0n) is 17.1. The Labute approximate surface area is 181 Å². The first-order valence-electron chi connectivity index (χ1n) is 9.52. The van der Waals surface area contributed by atoms with E-state index in [1.807, 2.05) is 0 Å². The lowest BCUT2D eigenvalue weighted by molar-refractivity contribution is 0.102. The number of carbonyl (C=O) groups excluding carboxylic acids is 1. The smallest absolute Gasteiger partial charge is 0.255 e. The number of carbonyl (C=O) groups is 1. The summed E-state index contributed by atoms with van der Waals surface area (Å²) in [6.07, 6.45) is 0. The third-order valence-electron chi connectivity index (χ3n) is 4.22. The molecule has 1 N–H and O–H groups in total. The standard InChI is InChI=1S/C21H27BrN2O4S/c1-5-24(6-2)29(26,27)18-10-8-17(9-11-18)23-21(25)16-7-12-20(19(22)13-16)28-14-15(3)4/h7-13,15H,5-6,14H2,1-4H3,(H,23,25). The van der Waals surface area contributed by atoms with Gasteiger partial charge in [-0.3, -0.25) is 4.79 Å². The van der Waals surface area contributed by atoms with Crippen LogP contribution in [0.5, 0.6) is 5.75 Å². The Balaban J connectivity index is 2.10. The zero-order chi connectivity index (χ0) is 21.6. The lowest BCUT2D eigenvalue weighted by Gasteiger charge is -2.18. The molecule has 2 rings (SSSR count). The number of nitrogens with zero attached hydrogens (tertiary/aromatic N) is 1. The highest BCUT2D eigenvalue weighted by Gasteiger charge is 2.21. The fourth-order valence-electron chi connectivity index (χ4n) is 2.64. The SMILES string of the molecule is CCN(CC)S(=O)(=O)c1ccc(NC(=O)c2ccc(OCC(C)C)c(Br)c2)cc1. The zero-order valence-corrected chi connectivity index (χ0v) is 19.5.